The molecule has 1 saturated carbocycles. The lowest BCUT2D eigenvalue weighted by Gasteiger charge is -2.32. The highest BCUT2D eigenvalue weighted by Gasteiger charge is 2.51. The molecule has 1 heterocycles. The van der Waals surface area contributed by atoms with Gasteiger partial charge in [0.05, 0.1) is 129 Å². The highest BCUT2D eigenvalue weighted by atomic mass is 32.1. The van der Waals surface area contributed by atoms with Gasteiger partial charge in [-0.3, -0.25) is 9.59 Å². The maximum atomic E-state index is 12.5. The molecule has 60 heavy (non-hydrogen) atoms. The van der Waals surface area contributed by atoms with Gasteiger partial charge in [0.2, 0.25) is 11.8 Å². The van der Waals surface area contributed by atoms with E-state index in [9.17, 15) is 14.4 Å². The van der Waals surface area contributed by atoms with Crippen LogP contribution in [-0.4, -0.2) is 161 Å². The van der Waals surface area contributed by atoms with Crippen LogP contribution in [0, 0.1) is 31.2 Å². The Hall–Kier alpha value is -2.56. The number of amides is 3. The van der Waals surface area contributed by atoms with Crippen LogP contribution in [0.2, 0.25) is 0 Å². The first-order valence-corrected chi connectivity index (χ1v) is 21.0. The largest absolute Gasteiger partial charge is 0.494 e. The lowest BCUT2D eigenvalue weighted by Crippen LogP contribution is -2.41. The zero-order valence-corrected chi connectivity index (χ0v) is 36.5. The van der Waals surface area contributed by atoms with Crippen molar-refractivity contribution in [2.24, 2.45) is 0 Å². The van der Waals surface area contributed by atoms with E-state index >= 15 is 0 Å². The Morgan fingerprint density at radius 2 is 1.15 bits per heavy atom. The molecular formula is C41H65BN3O14S. The molecule has 1 aliphatic heterocycles. The number of carbonyl (C=O) groups excluding carboxylic acids is 3. The summed E-state index contributed by atoms with van der Waals surface area (Å²) in [7, 11) is -0.511. The van der Waals surface area contributed by atoms with E-state index in [1.54, 1.807) is 19.3 Å². The van der Waals surface area contributed by atoms with Gasteiger partial charge in [-0.1, -0.05) is 24.3 Å². The van der Waals surface area contributed by atoms with Gasteiger partial charge in [-0.2, -0.15) is 12.6 Å². The Bertz CT molecular complexity index is 1330. The monoisotopic (exact) mass is 866 g/mol. The number of hydrogen-bond acceptors (Lipinski definition) is 15. The zero-order chi connectivity index (χ0) is 43.3. The molecule has 1 aromatic carbocycles. The minimum Gasteiger partial charge on any atom is -0.445 e. The van der Waals surface area contributed by atoms with Crippen LogP contribution in [0.5, 0.6) is 0 Å². The van der Waals surface area contributed by atoms with Crippen molar-refractivity contribution in [3.63, 3.8) is 0 Å². The number of carbonyl (C=O) groups is 3. The van der Waals surface area contributed by atoms with Crippen molar-refractivity contribution in [3.05, 3.63) is 61.1 Å². The molecule has 0 spiro atoms. The number of rotatable bonds is 34. The number of ether oxygens (including phenoxy) is 9. The van der Waals surface area contributed by atoms with E-state index in [1.165, 1.54) is 0 Å². The van der Waals surface area contributed by atoms with E-state index in [0.717, 1.165) is 16.9 Å². The maximum Gasteiger partial charge on any atom is 0.494 e. The molecule has 1 aliphatic carbocycles. The fourth-order valence-electron chi connectivity index (χ4n) is 5.19. The molecule has 5 radical (unpaired) electrons. The SMILES string of the molecule is CC1(C)OB(c2cccc(COC(=O)N[C]3[CH][CH][C](CNC(=O)CNC(=O)CCOCCOCCOCCOCCOCCOCCOCCOCCS)[CH]3)c2)OC1(C)C. The highest BCUT2D eigenvalue weighted by Crippen LogP contribution is 2.36. The van der Waals surface area contributed by atoms with Crippen molar-refractivity contribution in [2.45, 2.75) is 51.9 Å². The minimum absolute atomic E-state index is 0.0622. The molecule has 1 aromatic rings. The standard InChI is InChI=1S/C41H65BN3O14S/c1-40(2)41(3,4)59-42(58-40)35-7-5-6-34(28-35)32-57-39(48)45-36-9-8-33(29-36)30-43-38(47)31-44-37(46)10-11-49-12-13-50-14-15-51-16-17-52-18-19-53-20-21-54-22-23-55-24-25-56-26-27-60/h5-9,28-29,60H,10-27,30-32H2,1-4H3,(H,43,47)(H,44,46)(H,45,48). The van der Waals surface area contributed by atoms with Gasteiger partial charge in [0.1, 0.15) is 6.61 Å². The Morgan fingerprint density at radius 1 is 0.650 bits per heavy atom. The Kier molecular flexibility index (Phi) is 26.3. The third kappa shape index (κ3) is 22.5. The van der Waals surface area contributed by atoms with Gasteiger partial charge in [-0.05, 0) is 58.0 Å². The van der Waals surface area contributed by atoms with Crippen molar-refractivity contribution in [1.82, 2.24) is 16.0 Å². The summed E-state index contributed by atoms with van der Waals surface area (Å²) in [6.07, 6.45) is 4.71. The second kappa shape index (κ2) is 30.5. The van der Waals surface area contributed by atoms with E-state index in [-0.39, 0.29) is 44.5 Å². The predicted molar refractivity (Wildman–Crippen MR) is 226 cm³/mol. The topological polar surface area (TPSA) is 189 Å². The first-order valence-electron chi connectivity index (χ1n) is 20.4. The van der Waals surface area contributed by atoms with Crippen LogP contribution in [0.3, 0.4) is 0 Å². The molecule has 1 saturated heterocycles. The Labute approximate surface area is 362 Å². The van der Waals surface area contributed by atoms with Crippen molar-refractivity contribution in [3.8, 4) is 0 Å². The van der Waals surface area contributed by atoms with E-state index in [1.807, 2.05) is 52.0 Å². The third-order valence-electron chi connectivity index (χ3n) is 9.16. The van der Waals surface area contributed by atoms with Crippen LogP contribution in [0.15, 0.2) is 24.3 Å². The van der Waals surface area contributed by atoms with Crippen LogP contribution >= 0.6 is 12.6 Å². The average molecular weight is 867 g/mol. The smallest absolute Gasteiger partial charge is 0.445 e. The summed E-state index contributed by atoms with van der Waals surface area (Å²) in [6.45, 7) is 15.4. The molecule has 2 fully saturated rings. The highest BCUT2D eigenvalue weighted by molar-refractivity contribution is 7.80. The molecule has 3 N–H and O–H groups in total. The number of hydrogen-bond donors (Lipinski definition) is 4. The summed E-state index contributed by atoms with van der Waals surface area (Å²) in [5.74, 6) is 0.817. The van der Waals surface area contributed by atoms with Crippen LogP contribution in [0.1, 0.15) is 39.7 Å². The molecule has 19 heteroatoms. The van der Waals surface area contributed by atoms with E-state index in [2.05, 4.69) is 28.6 Å². The van der Waals surface area contributed by atoms with Gasteiger partial charge >= 0.3 is 13.2 Å². The number of thiol groups is 1. The van der Waals surface area contributed by atoms with E-state index in [0.29, 0.717) is 111 Å². The van der Waals surface area contributed by atoms with Gasteiger partial charge in [-0.25, -0.2) is 4.79 Å². The quantitative estimate of drug-likeness (QED) is 0.0445. The van der Waals surface area contributed by atoms with Gasteiger partial charge < -0.3 is 67.9 Å². The van der Waals surface area contributed by atoms with Crippen molar-refractivity contribution in [2.75, 3.05) is 125 Å². The Morgan fingerprint density at radius 3 is 1.67 bits per heavy atom. The molecule has 0 atom stereocenters. The fraction of sp³-hybridized carbons (Fsp3) is 0.659. The van der Waals surface area contributed by atoms with Crippen LogP contribution in [-0.2, 0) is 68.1 Å². The lowest BCUT2D eigenvalue weighted by molar-refractivity contribution is -0.126. The van der Waals surface area contributed by atoms with Crippen molar-refractivity contribution >= 4 is 43.1 Å². The number of nitrogens with one attached hydrogen (secondary N) is 3. The van der Waals surface area contributed by atoms with Gasteiger partial charge in [0.25, 0.3) is 0 Å². The van der Waals surface area contributed by atoms with Crippen molar-refractivity contribution in [1.29, 1.82) is 0 Å². The van der Waals surface area contributed by atoms with E-state index < -0.39 is 24.4 Å². The first-order chi connectivity index (χ1) is 29.0. The van der Waals surface area contributed by atoms with Gasteiger partial charge in [0.15, 0.2) is 0 Å². The van der Waals surface area contributed by atoms with Gasteiger partial charge in [-0.15, -0.1) is 0 Å². The van der Waals surface area contributed by atoms with E-state index in [4.69, 9.17) is 51.9 Å². The number of benzene rings is 1. The fourth-order valence-corrected chi connectivity index (χ4v) is 5.32. The summed E-state index contributed by atoms with van der Waals surface area (Å²) in [5, 5.41) is 8.01. The average Bonchev–Trinajstić information content (AvgIpc) is 3.76. The first kappa shape index (κ1) is 51.8. The molecule has 3 amide bonds. The summed E-state index contributed by atoms with van der Waals surface area (Å²) < 4.78 is 61.0. The summed E-state index contributed by atoms with van der Waals surface area (Å²) >= 11 is 4.07. The van der Waals surface area contributed by atoms with Gasteiger partial charge in [0, 0.05) is 24.6 Å². The third-order valence-corrected chi connectivity index (χ3v) is 9.34. The molecule has 0 bridgehead atoms. The van der Waals surface area contributed by atoms with Crippen LogP contribution in [0.25, 0.3) is 0 Å². The summed E-state index contributed by atoms with van der Waals surface area (Å²) in [5.41, 5.74) is 0.726. The molecular weight excluding hydrogens is 801 g/mol. The summed E-state index contributed by atoms with van der Waals surface area (Å²) in [6, 6.07) is 8.08. The van der Waals surface area contributed by atoms with Crippen LogP contribution < -0.4 is 21.4 Å². The second-order valence-corrected chi connectivity index (χ2v) is 14.9. The molecule has 0 aromatic heterocycles. The normalized spacial score (nSPS) is 16.3. The maximum absolute atomic E-state index is 12.5. The predicted octanol–water partition coefficient (Wildman–Crippen LogP) is 1.63. The second-order valence-electron chi connectivity index (χ2n) is 14.5. The number of alkyl carbamates (subject to hydrolysis) is 1. The minimum atomic E-state index is -0.613. The zero-order valence-electron chi connectivity index (χ0n) is 35.6. The molecule has 337 valence electrons. The van der Waals surface area contributed by atoms with Crippen molar-refractivity contribution < 1.29 is 66.3 Å². The molecule has 0 unspecified atom stereocenters. The molecule has 3 rings (SSSR count). The summed E-state index contributed by atoms with van der Waals surface area (Å²) in [4.78, 5) is 36.9. The molecule has 17 nitrogen and oxygen atoms in total. The molecule has 2 aliphatic rings. The lowest BCUT2D eigenvalue weighted by atomic mass is 9.78. The van der Waals surface area contributed by atoms with Crippen LogP contribution in [0.4, 0.5) is 4.79 Å². The Balaban J connectivity index is 1.05.